The summed E-state index contributed by atoms with van der Waals surface area (Å²) in [5.74, 6) is -0.764. The Balaban J connectivity index is 1.17. The molecule has 0 saturated carbocycles. The minimum atomic E-state index is -3.60. The van der Waals surface area contributed by atoms with Crippen molar-refractivity contribution in [2.24, 2.45) is 0 Å². The van der Waals surface area contributed by atoms with Gasteiger partial charge in [-0.1, -0.05) is 18.2 Å². The molecule has 0 spiro atoms. The van der Waals surface area contributed by atoms with Crippen molar-refractivity contribution in [2.45, 2.75) is 43.7 Å². The van der Waals surface area contributed by atoms with Gasteiger partial charge in [-0.15, -0.1) is 0 Å². The molecule has 9 nitrogen and oxygen atoms in total. The fourth-order valence-corrected chi connectivity index (χ4v) is 6.14. The van der Waals surface area contributed by atoms with E-state index in [0.717, 1.165) is 25.8 Å². The summed E-state index contributed by atoms with van der Waals surface area (Å²) in [7, 11) is -3.60. The van der Waals surface area contributed by atoms with Crippen LogP contribution in [-0.2, 0) is 27.9 Å². The van der Waals surface area contributed by atoms with Crippen molar-refractivity contribution in [3.8, 4) is 0 Å². The second-order valence-electron chi connectivity index (χ2n) is 8.78. The summed E-state index contributed by atoms with van der Waals surface area (Å²) in [5.41, 5.74) is 1.85. The molecule has 0 aliphatic carbocycles. The molecule has 10 heteroatoms. The molecule has 3 heterocycles. The standard InChI is InChI=1S/C25H28N4O5S/c30-24(26-12-5-13-27-16-10-19-6-1-2-7-21(19)27)11-17-29-22-9-8-20(18-23(22)34-25(29)31)35(32,33)28-14-3-4-15-28/h1-2,6-10,16,18H,3-5,11-15,17H2,(H,26,30). The molecule has 1 aliphatic heterocycles. The third kappa shape index (κ3) is 4.76. The van der Waals surface area contributed by atoms with Gasteiger partial charge in [-0.25, -0.2) is 13.2 Å². The van der Waals surface area contributed by atoms with Gasteiger partial charge in [0.2, 0.25) is 15.9 Å². The number of benzene rings is 2. The molecule has 0 unspecified atom stereocenters. The molecule has 1 N–H and O–H groups in total. The Hall–Kier alpha value is -3.37. The number of amides is 1. The quantitative estimate of drug-likeness (QED) is 0.359. The molecule has 1 saturated heterocycles. The highest BCUT2D eigenvalue weighted by atomic mass is 32.2. The molecule has 0 bridgehead atoms. The Morgan fingerprint density at radius 1 is 1.00 bits per heavy atom. The number of carbonyl (C=O) groups is 1. The highest BCUT2D eigenvalue weighted by Crippen LogP contribution is 2.24. The zero-order chi connectivity index (χ0) is 24.4. The number of hydrogen-bond donors (Lipinski definition) is 1. The number of nitrogens with one attached hydrogen (secondary N) is 1. The number of rotatable bonds is 9. The first-order valence-electron chi connectivity index (χ1n) is 11.9. The minimum Gasteiger partial charge on any atom is -0.408 e. The zero-order valence-corrected chi connectivity index (χ0v) is 20.2. The van der Waals surface area contributed by atoms with Gasteiger partial charge in [-0.2, -0.15) is 4.31 Å². The van der Waals surface area contributed by atoms with E-state index >= 15 is 0 Å². The molecule has 1 amide bonds. The minimum absolute atomic E-state index is 0.112. The second-order valence-corrected chi connectivity index (χ2v) is 10.7. The molecule has 4 aromatic rings. The zero-order valence-electron chi connectivity index (χ0n) is 19.4. The van der Waals surface area contributed by atoms with Crippen molar-refractivity contribution in [1.82, 2.24) is 18.8 Å². The van der Waals surface area contributed by atoms with Crippen molar-refractivity contribution in [2.75, 3.05) is 19.6 Å². The van der Waals surface area contributed by atoms with Crippen LogP contribution in [0.1, 0.15) is 25.7 Å². The summed E-state index contributed by atoms with van der Waals surface area (Å²) in [4.78, 5) is 24.8. The Morgan fingerprint density at radius 3 is 2.63 bits per heavy atom. The van der Waals surface area contributed by atoms with Crippen LogP contribution in [-0.4, -0.2) is 47.4 Å². The van der Waals surface area contributed by atoms with Gasteiger partial charge in [0.05, 0.1) is 10.4 Å². The lowest BCUT2D eigenvalue weighted by atomic mass is 10.2. The molecular formula is C25H28N4O5S. The fourth-order valence-electron chi connectivity index (χ4n) is 4.61. The van der Waals surface area contributed by atoms with Gasteiger partial charge in [0.1, 0.15) is 0 Å². The van der Waals surface area contributed by atoms with Crippen molar-refractivity contribution in [1.29, 1.82) is 0 Å². The summed E-state index contributed by atoms with van der Waals surface area (Å²) in [6, 6.07) is 14.7. The van der Waals surface area contributed by atoms with Crippen LogP contribution in [0.25, 0.3) is 22.0 Å². The Morgan fingerprint density at radius 2 is 1.80 bits per heavy atom. The first-order valence-corrected chi connectivity index (χ1v) is 13.3. The van der Waals surface area contributed by atoms with Crippen LogP contribution in [0.4, 0.5) is 0 Å². The summed E-state index contributed by atoms with van der Waals surface area (Å²) in [5, 5.41) is 4.09. The van der Waals surface area contributed by atoms with Gasteiger partial charge >= 0.3 is 5.76 Å². The number of para-hydroxylation sites is 1. The summed E-state index contributed by atoms with van der Waals surface area (Å²) in [6.45, 7) is 2.48. The van der Waals surface area contributed by atoms with Crippen molar-refractivity contribution >= 4 is 37.9 Å². The van der Waals surface area contributed by atoms with Crippen LogP contribution in [0.3, 0.4) is 0 Å². The van der Waals surface area contributed by atoms with Crippen LogP contribution in [0.15, 0.2) is 68.8 Å². The van der Waals surface area contributed by atoms with Crippen LogP contribution < -0.4 is 11.1 Å². The SMILES string of the molecule is O=C(CCn1c(=O)oc2cc(S(=O)(=O)N3CCCC3)ccc21)NCCCn1ccc2ccccc21. The third-order valence-corrected chi connectivity index (χ3v) is 8.38. The Bertz CT molecular complexity index is 1530. The monoisotopic (exact) mass is 496 g/mol. The molecule has 0 radical (unpaired) electrons. The maximum atomic E-state index is 12.8. The molecule has 2 aromatic carbocycles. The predicted octanol–water partition coefficient (Wildman–Crippen LogP) is 2.93. The first kappa shape index (κ1) is 23.4. The lowest BCUT2D eigenvalue weighted by Crippen LogP contribution is -2.28. The average Bonchev–Trinajstić information content (AvgIpc) is 3.59. The van der Waals surface area contributed by atoms with Crippen molar-refractivity contribution < 1.29 is 17.6 Å². The summed E-state index contributed by atoms with van der Waals surface area (Å²) in [6.07, 6.45) is 4.64. The lowest BCUT2D eigenvalue weighted by molar-refractivity contribution is -0.121. The molecule has 5 rings (SSSR count). The molecule has 0 atom stereocenters. The Kier molecular flexibility index (Phi) is 6.48. The molecule has 1 fully saturated rings. The van der Waals surface area contributed by atoms with E-state index in [-0.39, 0.29) is 29.4 Å². The van der Waals surface area contributed by atoms with Gasteiger partial charge < -0.3 is 14.3 Å². The predicted molar refractivity (Wildman–Crippen MR) is 133 cm³/mol. The van der Waals surface area contributed by atoms with Gasteiger partial charge in [0, 0.05) is 56.9 Å². The van der Waals surface area contributed by atoms with Crippen molar-refractivity contribution in [3.05, 3.63) is 65.3 Å². The third-order valence-electron chi connectivity index (χ3n) is 6.48. The number of hydrogen-bond acceptors (Lipinski definition) is 5. The van der Waals surface area contributed by atoms with E-state index in [1.807, 2.05) is 18.3 Å². The molecule has 1 aliphatic rings. The lowest BCUT2D eigenvalue weighted by Gasteiger charge is -2.15. The maximum absolute atomic E-state index is 12.8. The molecule has 184 valence electrons. The van der Waals surface area contributed by atoms with E-state index in [1.54, 1.807) is 6.07 Å². The number of sulfonamides is 1. The molecule has 2 aromatic heterocycles. The topological polar surface area (TPSA) is 107 Å². The highest BCUT2D eigenvalue weighted by Gasteiger charge is 2.28. The van der Waals surface area contributed by atoms with Gasteiger partial charge in [0.25, 0.3) is 0 Å². The Labute approximate surface area is 203 Å². The first-order chi connectivity index (χ1) is 16.9. The van der Waals surface area contributed by atoms with Gasteiger partial charge in [0.15, 0.2) is 5.58 Å². The van der Waals surface area contributed by atoms with Crippen molar-refractivity contribution in [3.63, 3.8) is 0 Å². The van der Waals surface area contributed by atoms with Gasteiger partial charge in [-0.3, -0.25) is 9.36 Å². The maximum Gasteiger partial charge on any atom is 0.419 e. The number of carbonyl (C=O) groups excluding carboxylic acids is 1. The molecule has 35 heavy (non-hydrogen) atoms. The fraction of sp³-hybridized carbons (Fsp3) is 0.360. The van der Waals surface area contributed by atoms with Crippen LogP contribution in [0.2, 0.25) is 0 Å². The van der Waals surface area contributed by atoms with E-state index in [0.29, 0.717) is 25.2 Å². The van der Waals surface area contributed by atoms with E-state index in [4.69, 9.17) is 4.42 Å². The summed E-state index contributed by atoms with van der Waals surface area (Å²) >= 11 is 0. The van der Waals surface area contributed by atoms with Gasteiger partial charge in [-0.05, 0) is 48.9 Å². The average molecular weight is 497 g/mol. The van der Waals surface area contributed by atoms with E-state index in [9.17, 15) is 18.0 Å². The van der Waals surface area contributed by atoms with Crippen LogP contribution in [0.5, 0.6) is 0 Å². The second kappa shape index (κ2) is 9.71. The largest absolute Gasteiger partial charge is 0.419 e. The van der Waals surface area contributed by atoms with Crippen LogP contribution in [0, 0.1) is 0 Å². The number of nitrogens with zero attached hydrogens (tertiary/aromatic N) is 3. The number of aryl methyl sites for hydroxylation is 2. The van der Waals surface area contributed by atoms with E-state index < -0.39 is 15.8 Å². The normalized spacial score (nSPS) is 14.7. The smallest absolute Gasteiger partial charge is 0.408 e. The van der Waals surface area contributed by atoms with Crippen LogP contribution >= 0.6 is 0 Å². The van der Waals surface area contributed by atoms with E-state index in [2.05, 4.69) is 28.1 Å². The number of aromatic nitrogens is 2. The highest BCUT2D eigenvalue weighted by molar-refractivity contribution is 7.89. The van der Waals surface area contributed by atoms with E-state index in [1.165, 1.54) is 31.9 Å². The summed E-state index contributed by atoms with van der Waals surface area (Å²) < 4.78 is 35.9. The number of fused-ring (bicyclic) bond motifs is 2. The molecular weight excluding hydrogens is 468 g/mol. The number of oxazole rings is 1.